The molecule has 0 aromatic heterocycles. The molecule has 4 nitrogen and oxygen atoms in total. The molecule has 104 valence electrons. The molecule has 1 aliphatic carbocycles. The molecule has 0 radical (unpaired) electrons. The number of nitro benzene ring substituents is 1. The van der Waals surface area contributed by atoms with E-state index in [1.54, 1.807) is 12.1 Å². The van der Waals surface area contributed by atoms with Crippen molar-refractivity contribution in [2.24, 2.45) is 5.92 Å². The quantitative estimate of drug-likeness (QED) is 0.577. The van der Waals surface area contributed by atoms with Crippen molar-refractivity contribution in [2.45, 2.75) is 45.1 Å². The number of nitrogens with zero attached hydrogens (tertiary/aromatic N) is 1. The van der Waals surface area contributed by atoms with Gasteiger partial charge in [0.2, 0.25) is 0 Å². The van der Waals surface area contributed by atoms with E-state index in [1.165, 1.54) is 12.8 Å². The van der Waals surface area contributed by atoms with Crippen LogP contribution in [0.25, 0.3) is 0 Å². The molecule has 0 spiro atoms. The smallest absolute Gasteiger partial charge is 0.272 e. The van der Waals surface area contributed by atoms with Crippen LogP contribution in [0.3, 0.4) is 0 Å². The van der Waals surface area contributed by atoms with Crippen LogP contribution in [0.15, 0.2) is 24.3 Å². The van der Waals surface area contributed by atoms with Gasteiger partial charge in [-0.25, -0.2) is 0 Å². The van der Waals surface area contributed by atoms with E-state index in [0.29, 0.717) is 6.04 Å². The molecule has 1 fully saturated rings. The van der Waals surface area contributed by atoms with Gasteiger partial charge in [-0.1, -0.05) is 25.1 Å². The Labute approximate surface area is 114 Å². The van der Waals surface area contributed by atoms with E-state index < -0.39 is 0 Å². The number of rotatable bonds is 8. The van der Waals surface area contributed by atoms with Crippen molar-refractivity contribution >= 4 is 5.69 Å². The van der Waals surface area contributed by atoms with Crippen LogP contribution in [0.5, 0.6) is 0 Å². The van der Waals surface area contributed by atoms with Crippen LogP contribution in [-0.4, -0.2) is 17.5 Å². The van der Waals surface area contributed by atoms with Crippen LogP contribution in [0, 0.1) is 16.0 Å². The molecular formula is C15H22N2O2. The van der Waals surface area contributed by atoms with Gasteiger partial charge < -0.3 is 5.32 Å². The second kappa shape index (κ2) is 6.66. The van der Waals surface area contributed by atoms with Gasteiger partial charge in [-0.15, -0.1) is 0 Å². The van der Waals surface area contributed by atoms with E-state index in [-0.39, 0.29) is 10.6 Å². The predicted molar refractivity (Wildman–Crippen MR) is 76.2 cm³/mol. The first-order valence-electron chi connectivity index (χ1n) is 7.18. The summed E-state index contributed by atoms with van der Waals surface area (Å²) in [5.41, 5.74) is 1.11. The van der Waals surface area contributed by atoms with E-state index in [1.807, 2.05) is 12.1 Å². The Morgan fingerprint density at radius 1 is 1.42 bits per heavy atom. The normalized spacial score (nSPS) is 16.3. The first-order valence-corrected chi connectivity index (χ1v) is 7.18. The third-order valence-corrected chi connectivity index (χ3v) is 3.76. The molecule has 4 heteroatoms. The summed E-state index contributed by atoms with van der Waals surface area (Å²) in [5.74, 6) is 0.786. The fraction of sp³-hybridized carbons (Fsp3) is 0.600. The molecule has 1 aliphatic rings. The fourth-order valence-electron chi connectivity index (χ4n) is 2.54. The van der Waals surface area contributed by atoms with Crippen molar-refractivity contribution in [3.63, 3.8) is 0 Å². The van der Waals surface area contributed by atoms with Gasteiger partial charge in [-0.05, 0) is 44.6 Å². The maximum absolute atomic E-state index is 11.0. The standard InChI is InChI=1S/C15H22N2O2/c1-2-11-16-14(12-7-8-12)10-9-13-5-3-4-6-15(13)17(18)19/h3-6,12,14,16H,2,7-11H2,1H3. The fourth-order valence-corrected chi connectivity index (χ4v) is 2.54. The highest BCUT2D eigenvalue weighted by molar-refractivity contribution is 5.39. The summed E-state index contributed by atoms with van der Waals surface area (Å²) in [4.78, 5) is 10.7. The Kier molecular flexibility index (Phi) is 4.91. The van der Waals surface area contributed by atoms with E-state index in [4.69, 9.17) is 0 Å². The van der Waals surface area contributed by atoms with Crippen LogP contribution in [0.2, 0.25) is 0 Å². The number of nitro groups is 1. The molecule has 1 N–H and O–H groups in total. The molecular weight excluding hydrogens is 240 g/mol. The molecule has 0 heterocycles. The third-order valence-electron chi connectivity index (χ3n) is 3.76. The van der Waals surface area contributed by atoms with Gasteiger partial charge in [0.15, 0.2) is 0 Å². The molecule has 19 heavy (non-hydrogen) atoms. The zero-order valence-electron chi connectivity index (χ0n) is 11.5. The summed E-state index contributed by atoms with van der Waals surface area (Å²) in [6.45, 7) is 3.21. The van der Waals surface area contributed by atoms with E-state index in [2.05, 4.69) is 12.2 Å². The molecule has 0 saturated heterocycles. The van der Waals surface area contributed by atoms with Gasteiger partial charge in [0.25, 0.3) is 5.69 Å². The van der Waals surface area contributed by atoms with Crippen LogP contribution in [0.4, 0.5) is 5.69 Å². The van der Waals surface area contributed by atoms with Gasteiger partial charge in [-0.3, -0.25) is 10.1 Å². The average molecular weight is 262 g/mol. The minimum atomic E-state index is -0.277. The molecule has 2 rings (SSSR count). The van der Waals surface area contributed by atoms with Crippen LogP contribution >= 0.6 is 0 Å². The number of benzene rings is 1. The second-order valence-electron chi connectivity index (χ2n) is 5.32. The average Bonchev–Trinajstić information content (AvgIpc) is 3.23. The maximum atomic E-state index is 11.0. The lowest BCUT2D eigenvalue weighted by Crippen LogP contribution is -2.32. The van der Waals surface area contributed by atoms with Gasteiger partial charge in [0.1, 0.15) is 0 Å². The Morgan fingerprint density at radius 3 is 2.79 bits per heavy atom. The molecule has 1 saturated carbocycles. The highest BCUT2D eigenvalue weighted by atomic mass is 16.6. The minimum Gasteiger partial charge on any atom is -0.314 e. The first kappa shape index (κ1) is 14.0. The summed E-state index contributed by atoms with van der Waals surface area (Å²) in [7, 11) is 0. The summed E-state index contributed by atoms with van der Waals surface area (Å²) in [5, 5.41) is 14.6. The lowest BCUT2D eigenvalue weighted by atomic mass is 10.0. The highest BCUT2D eigenvalue weighted by Gasteiger charge is 2.30. The van der Waals surface area contributed by atoms with Crippen LogP contribution < -0.4 is 5.32 Å². The summed E-state index contributed by atoms with van der Waals surface area (Å²) in [6.07, 6.45) is 5.52. The highest BCUT2D eigenvalue weighted by Crippen LogP contribution is 2.35. The molecule has 1 atom stereocenters. The van der Waals surface area contributed by atoms with Crippen molar-refractivity contribution in [1.82, 2.24) is 5.32 Å². The lowest BCUT2D eigenvalue weighted by molar-refractivity contribution is -0.385. The molecule has 1 aromatic carbocycles. The van der Waals surface area contributed by atoms with Crippen LogP contribution in [-0.2, 0) is 6.42 Å². The SMILES string of the molecule is CCCNC(CCc1ccccc1[N+](=O)[O-])C1CC1. The zero-order chi connectivity index (χ0) is 13.7. The number of aryl methyl sites for hydroxylation is 1. The number of hydrogen-bond donors (Lipinski definition) is 1. The van der Waals surface area contributed by atoms with E-state index >= 15 is 0 Å². The largest absolute Gasteiger partial charge is 0.314 e. The Balaban J connectivity index is 1.94. The Hall–Kier alpha value is -1.42. The molecule has 0 bridgehead atoms. The number of hydrogen-bond acceptors (Lipinski definition) is 3. The van der Waals surface area contributed by atoms with Crippen molar-refractivity contribution in [1.29, 1.82) is 0 Å². The van der Waals surface area contributed by atoms with Crippen molar-refractivity contribution in [2.75, 3.05) is 6.54 Å². The van der Waals surface area contributed by atoms with Gasteiger partial charge in [0, 0.05) is 17.7 Å². The van der Waals surface area contributed by atoms with E-state index in [9.17, 15) is 10.1 Å². The van der Waals surface area contributed by atoms with Gasteiger partial charge in [0.05, 0.1) is 4.92 Å². The molecule has 1 aromatic rings. The molecule has 0 aliphatic heterocycles. The monoisotopic (exact) mass is 262 g/mol. The number of nitrogens with one attached hydrogen (secondary N) is 1. The summed E-state index contributed by atoms with van der Waals surface area (Å²) < 4.78 is 0. The van der Waals surface area contributed by atoms with Gasteiger partial charge >= 0.3 is 0 Å². The molecule has 0 amide bonds. The van der Waals surface area contributed by atoms with Gasteiger partial charge in [-0.2, -0.15) is 0 Å². The summed E-state index contributed by atoms with van der Waals surface area (Å²) >= 11 is 0. The van der Waals surface area contributed by atoms with Crippen molar-refractivity contribution < 1.29 is 4.92 Å². The van der Waals surface area contributed by atoms with E-state index in [0.717, 1.165) is 37.3 Å². The maximum Gasteiger partial charge on any atom is 0.272 e. The molecule has 1 unspecified atom stereocenters. The first-order chi connectivity index (χ1) is 9.22. The third kappa shape index (κ3) is 4.03. The van der Waals surface area contributed by atoms with Crippen molar-refractivity contribution in [3.8, 4) is 0 Å². The lowest BCUT2D eigenvalue weighted by Gasteiger charge is -2.17. The van der Waals surface area contributed by atoms with Crippen molar-refractivity contribution in [3.05, 3.63) is 39.9 Å². The Bertz CT molecular complexity index is 430. The number of para-hydroxylation sites is 1. The second-order valence-corrected chi connectivity index (χ2v) is 5.32. The van der Waals surface area contributed by atoms with Crippen LogP contribution in [0.1, 0.15) is 38.2 Å². The zero-order valence-corrected chi connectivity index (χ0v) is 11.5. The topological polar surface area (TPSA) is 55.2 Å². The predicted octanol–water partition coefficient (Wildman–Crippen LogP) is 3.31. The Morgan fingerprint density at radius 2 is 2.16 bits per heavy atom. The summed E-state index contributed by atoms with van der Waals surface area (Å²) in [6, 6.07) is 7.62. The minimum absolute atomic E-state index is 0.257.